The fourth-order valence-electron chi connectivity index (χ4n) is 2.16. The summed E-state index contributed by atoms with van der Waals surface area (Å²) in [6.45, 7) is 6.31. The van der Waals surface area contributed by atoms with E-state index in [0.29, 0.717) is 6.54 Å². The van der Waals surface area contributed by atoms with E-state index in [0.717, 1.165) is 6.42 Å². The van der Waals surface area contributed by atoms with E-state index in [-0.39, 0.29) is 30.2 Å². The van der Waals surface area contributed by atoms with Gasteiger partial charge < -0.3 is 15.7 Å². The third kappa shape index (κ3) is 3.19. The quantitative estimate of drug-likeness (QED) is 0.759. The summed E-state index contributed by atoms with van der Waals surface area (Å²) in [5.74, 6) is -0.807. The number of carboxylic acids is 1. The Labute approximate surface area is 102 Å². The molecule has 1 fully saturated rings. The lowest BCUT2D eigenvalue weighted by Gasteiger charge is -2.25. The monoisotopic (exact) mass is 242 g/mol. The first kappa shape index (κ1) is 14.0. The van der Waals surface area contributed by atoms with Gasteiger partial charge in [-0.05, 0) is 18.3 Å². The molecule has 0 aromatic carbocycles. The van der Waals surface area contributed by atoms with E-state index >= 15 is 0 Å². The third-order valence-electron chi connectivity index (χ3n) is 3.54. The topological polar surface area (TPSA) is 83.6 Å². The molecule has 3 unspecified atom stereocenters. The summed E-state index contributed by atoms with van der Waals surface area (Å²) in [7, 11) is 0. The average Bonchev–Trinajstić information content (AvgIpc) is 2.59. The van der Waals surface area contributed by atoms with Gasteiger partial charge in [-0.15, -0.1) is 0 Å². The van der Waals surface area contributed by atoms with Crippen molar-refractivity contribution in [2.24, 2.45) is 17.6 Å². The van der Waals surface area contributed by atoms with Crippen molar-refractivity contribution in [3.05, 3.63) is 0 Å². The number of amides is 1. The molecule has 0 bridgehead atoms. The van der Waals surface area contributed by atoms with Crippen molar-refractivity contribution in [3.8, 4) is 0 Å². The number of carbonyl (C=O) groups is 2. The second kappa shape index (κ2) is 5.49. The highest BCUT2D eigenvalue weighted by Crippen LogP contribution is 2.25. The van der Waals surface area contributed by atoms with E-state index < -0.39 is 12.0 Å². The Kier molecular flexibility index (Phi) is 4.51. The minimum atomic E-state index is -0.915. The average molecular weight is 242 g/mol. The minimum absolute atomic E-state index is 0.0201. The zero-order chi connectivity index (χ0) is 13.2. The Morgan fingerprint density at radius 2 is 2.06 bits per heavy atom. The van der Waals surface area contributed by atoms with Gasteiger partial charge in [-0.3, -0.25) is 4.79 Å². The summed E-state index contributed by atoms with van der Waals surface area (Å²) in [4.78, 5) is 24.6. The van der Waals surface area contributed by atoms with Gasteiger partial charge in [0.2, 0.25) is 5.91 Å². The molecule has 0 saturated carbocycles. The molecule has 1 amide bonds. The van der Waals surface area contributed by atoms with Gasteiger partial charge >= 0.3 is 5.97 Å². The van der Waals surface area contributed by atoms with Crippen LogP contribution in [0.3, 0.4) is 0 Å². The Morgan fingerprint density at radius 3 is 2.53 bits per heavy atom. The standard InChI is InChI=1S/C12H22N2O3/c1-7(2)9(13)6-10(15)14-5-4-8(3)11(14)12(16)17/h7-9,11H,4-6,13H2,1-3H3,(H,16,17). The predicted octanol–water partition coefficient (Wildman–Crippen LogP) is 0.681. The van der Waals surface area contributed by atoms with Gasteiger partial charge in [0.1, 0.15) is 6.04 Å². The molecule has 5 heteroatoms. The van der Waals surface area contributed by atoms with Crippen LogP contribution in [0.5, 0.6) is 0 Å². The van der Waals surface area contributed by atoms with E-state index in [1.807, 2.05) is 20.8 Å². The Morgan fingerprint density at radius 1 is 1.47 bits per heavy atom. The summed E-state index contributed by atoms with van der Waals surface area (Å²) in [5.41, 5.74) is 5.85. The Balaban J connectivity index is 2.66. The number of nitrogens with zero attached hydrogens (tertiary/aromatic N) is 1. The van der Waals surface area contributed by atoms with Crippen LogP contribution in [0, 0.1) is 11.8 Å². The summed E-state index contributed by atoms with van der Waals surface area (Å²) in [6, 6.07) is -0.880. The molecule has 17 heavy (non-hydrogen) atoms. The molecule has 1 heterocycles. The number of aliphatic carboxylic acids is 1. The van der Waals surface area contributed by atoms with Crippen molar-refractivity contribution in [1.82, 2.24) is 4.90 Å². The highest BCUT2D eigenvalue weighted by atomic mass is 16.4. The highest BCUT2D eigenvalue weighted by Gasteiger charge is 2.39. The van der Waals surface area contributed by atoms with E-state index in [1.165, 1.54) is 4.90 Å². The Bertz CT molecular complexity index is 304. The van der Waals surface area contributed by atoms with E-state index in [1.54, 1.807) is 0 Å². The van der Waals surface area contributed by atoms with Crippen LogP contribution >= 0.6 is 0 Å². The van der Waals surface area contributed by atoms with Crippen LogP contribution in [-0.4, -0.2) is 40.5 Å². The summed E-state index contributed by atoms with van der Waals surface area (Å²) < 4.78 is 0. The smallest absolute Gasteiger partial charge is 0.326 e. The SMILES string of the molecule is CC(C)C(N)CC(=O)N1CCC(C)C1C(=O)O. The molecule has 3 N–H and O–H groups in total. The van der Waals surface area contributed by atoms with Crippen LogP contribution in [0.1, 0.15) is 33.6 Å². The van der Waals surface area contributed by atoms with Crippen LogP contribution in [0.25, 0.3) is 0 Å². The number of carbonyl (C=O) groups excluding carboxylic acids is 1. The van der Waals surface area contributed by atoms with Gasteiger partial charge in [0.05, 0.1) is 0 Å². The van der Waals surface area contributed by atoms with Crippen molar-refractivity contribution < 1.29 is 14.7 Å². The van der Waals surface area contributed by atoms with E-state index in [4.69, 9.17) is 10.8 Å². The van der Waals surface area contributed by atoms with Gasteiger partial charge in [-0.25, -0.2) is 4.79 Å². The first-order valence-electron chi connectivity index (χ1n) is 6.12. The van der Waals surface area contributed by atoms with E-state index in [9.17, 15) is 9.59 Å². The first-order valence-corrected chi connectivity index (χ1v) is 6.12. The molecule has 1 rings (SSSR count). The predicted molar refractivity (Wildman–Crippen MR) is 64.3 cm³/mol. The fraction of sp³-hybridized carbons (Fsp3) is 0.833. The zero-order valence-electron chi connectivity index (χ0n) is 10.7. The molecule has 5 nitrogen and oxygen atoms in total. The van der Waals surface area contributed by atoms with Crippen LogP contribution in [0.2, 0.25) is 0 Å². The highest BCUT2D eigenvalue weighted by molar-refractivity contribution is 5.84. The number of hydrogen-bond acceptors (Lipinski definition) is 3. The lowest BCUT2D eigenvalue weighted by molar-refractivity contribution is -0.149. The molecule has 3 atom stereocenters. The number of rotatable bonds is 4. The minimum Gasteiger partial charge on any atom is -0.480 e. The normalized spacial score (nSPS) is 26.3. The van der Waals surface area contributed by atoms with Crippen molar-refractivity contribution in [2.75, 3.05) is 6.54 Å². The molecule has 98 valence electrons. The molecule has 1 aliphatic heterocycles. The van der Waals surface area contributed by atoms with Crippen LogP contribution in [0.4, 0.5) is 0 Å². The van der Waals surface area contributed by atoms with E-state index in [2.05, 4.69) is 0 Å². The first-order chi connectivity index (χ1) is 7.84. The second-order valence-corrected chi connectivity index (χ2v) is 5.25. The van der Waals surface area contributed by atoms with Crippen molar-refractivity contribution in [2.45, 2.75) is 45.7 Å². The van der Waals surface area contributed by atoms with Crippen molar-refractivity contribution >= 4 is 11.9 Å². The molecule has 1 saturated heterocycles. The summed E-state index contributed by atoms with van der Waals surface area (Å²) >= 11 is 0. The number of hydrogen-bond donors (Lipinski definition) is 2. The number of carboxylic acid groups (broad SMARTS) is 1. The maximum atomic E-state index is 12.0. The second-order valence-electron chi connectivity index (χ2n) is 5.25. The van der Waals surface area contributed by atoms with Gasteiger partial charge in [-0.2, -0.15) is 0 Å². The molecule has 0 spiro atoms. The maximum absolute atomic E-state index is 12.0. The summed E-state index contributed by atoms with van der Waals surface area (Å²) in [5, 5.41) is 9.12. The van der Waals surface area contributed by atoms with Gasteiger partial charge in [0, 0.05) is 19.0 Å². The number of likely N-dealkylation sites (tertiary alicyclic amines) is 1. The van der Waals surface area contributed by atoms with Gasteiger partial charge in [0.25, 0.3) is 0 Å². The maximum Gasteiger partial charge on any atom is 0.326 e. The lowest BCUT2D eigenvalue weighted by Crippen LogP contribution is -2.45. The molecular formula is C12H22N2O3. The van der Waals surface area contributed by atoms with Gasteiger partial charge in [-0.1, -0.05) is 20.8 Å². The molecule has 0 aliphatic carbocycles. The lowest BCUT2D eigenvalue weighted by atomic mass is 10.0. The van der Waals surface area contributed by atoms with Crippen molar-refractivity contribution in [3.63, 3.8) is 0 Å². The van der Waals surface area contributed by atoms with Crippen LogP contribution in [0.15, 0.2) is 0 Å². The third-order valence-corrected chi connectivity index (χ3v) is 3.54. The number of nitrogens with two attached hydrogens (primary N) is 1. The molecular weight excluding hydrogens is 220 g/mol. The largest absolute Gasteiger partial charge is 0.480 e. The Hall–Kier alpha value is -1.10. The van der Waals surface area contributed by atoms with Crippen LogP contribution < -0.4 is 5.73 Å². The zero-order valence-corrected chi connectivity index (χ0v) is 10.7. The van der Waals surface area contributed by atoms with Crippen molar-refractivity contribution in [1.29, 1.82) is 0 Å². The van der Waals surface area contributed by atoms with Crippen LogP contribution in [-0.2, 0) is 9.59 Å². The molecule has 1 aliphatic rings. The molecule has 0 aromatic rings. The molecule has 0 aromatic heterocycles. The fourth-order valence-corrected chi connectivity index (χ4v) is 2.16. The summed E-state index contributed by atoms with van der Waals surface area (Å²) in [6.07, 6.45) is 0.980. The molecule has 0 radical (unpaired) electrons. The van der Waals surface area contributed by atoms with Gasteiger partial charge in [0.15, 0.2) is 0 Å².